The Morgan fingerprint density at radius 3 is 2.71 bits per heavy atom. The Bertz CT molecular complexity index is 798. The molecule has 0 amide bonds. The van der Waals surface area contributed by atoms with Crippen molar-refractivity contribution in [3.8, 4) is 11.3 Å². The van der Waals surface area contributed by atoms with Gasteiger partial charge in [0.25, 0.3) is 0 Å². The Morgan fingerprint density at radius 1 is 1.08 bits per heavy atom. The van der Waals surface area contributed by atoms with E-state index in [-0.39, 0.29) is 5.82 Å². The van der Waals surface area contributed by atoms with Crippen LogP contribution in [0.15, 0.2) is 48.8 Å². The first-order valence-electron chi connectivity index (χ1n) is 8.29. The zero-order chi connectivity index (χ0) is 16.4. The molecule has 0 radical (unpaired) electrons. The SMILES string of the molecule is Fc1ccc(CNc2ccc(-c3cn4c(n3)CCCC4)cc2)nc1. The van der Waals surface area contributed by atoms with Crippen molar-refractivity contribution in [2.45, 2.75) is 32.4 Å². The minimum atomic E-state index is -0.314. The van der Waals surface area contributed by atoms with Crippen molar-refractivity contribution >= 4 is 5.69 Å². The van der Waals surface area contributed by atoms with Gasteiger partial charge in [-0.05, 0) is 37.1 Å². The number of aromatic nitrogens is 3. The fourth-order valence-corrected chi connectivity index (χ4v) is 3.01. The maximum Gasteiger partial charge on any atom is 0.141 e. The Labute approximate surface area is 140 Å². The van der Waals surface area contributed by atoms with Crippen LogP contribution in [0.4, 0.5) is 10.1 Å². The van der Waals surface area contributed by atoms with Gasteiger partial charge in [-0.15, -0.1) is 0 Å². The van der Waals surface area contributed by atoms with E-state index in [9.17, 15) is 4.39 Å². The lowest BCUT2D eigenvalue weighted by atomic mass is 10.1. The molecule has 1 N–H and O–H groups in total. The second kappa shape index (κ2) is 6.43. The monoisotopic (exact) mass is 322 g/mol. The Hall–Kier alpha value is -2.69. The summed E-state index contributed by atoms with van der Waals surface area (Å²) in [6.45, 7) is 1.64. The van der Waals surface area contributed by atoms with E-state index in [1.807, 2.05) is 12.1 Å². The van der Waals surface area contributed by atoms with Gasteiger partial charge in [-0.2, -0.15) is 0 Å². The molecule has 4 nitrogen and oxygen atoms in total. The second-order valence-corrected chi connectivity index (χ2v) is 6.09. The highest BCUT2D eigenvalue weighted by molar-refractivity contribution is 5.62. The number of anilines is 1. The standard InChI is InChI=1S/C19H19FN4/c20-15-6-9-17(21-11-15)12-22-16-7-4-14(5-8-16)18-13-24-10-2-1-3-19(24)23-18/h4-9,11,13,22H,1-3,10,12H2. The van der Waals surface area contributed by atoms with E-state index in [1.54, 1.807) is 6.07 Å². The lowest BCUT2D eigenvalue weighted by molar-refractivity contribution is 0.522. The van der Waals surface area contributed by atoms with Crippen LogP contribution in [0.1, 0.15) is 24.4 Å². The second-order valence-electron chi connectivity index (χ2n) is 6.09. The van der Waals surface area contributed by atoms with Gasteiger partial charge >= 0.3 is 0 Å². The molecular formula is C19H19FN4. The van der Waals surface area contributed by atoms with Crippen molar-refractivity contribution in [3.63, 3.8) is 0 Å². The van der Waals surface area contributed by atoms with Gasteiger partial charge in [-0.1, -0.05) is 12.1 Å². The maximum atomic E-state index is 12.9. The number of aryl methyl sites for hydroxylation is 2. The summed E-state index contributed by atoms with van der Waals surface area (Å²) in [6, 6.07) is 11.3. The molecule has 0 aliphatic carbocycles. The van der Waals surface area contributed by atoms with E-state index in [2.05, 4.69) is 33.2 Å². The smallest absolute Gasteiger partial charge is 0.141 e. The number of hydrogen-bond donors (Lipinski definition) is 1. The van der Waals surface area contributed by atoms with Gasteiger partial charge < -0.3 is 9.88 Å². The largest absolute Gasteiger partial charge is 0.379 e. The zero-order valence-electron chi connectivity index (χ0n) is 13.4. The van der Waals surface area contributed by atoms with Crippen LogP contribution >= 0.6 is 0 Å². The minimum absolute atomic E-state index is 0.314. The molecule has 2 aromatic heterocycles. The minimum Gasteiger partial charge on any atom is -0.379 e. The third-order valence-electron chi connectivity index (χ3n) is 4.35. The molecule has 1 aliphatic heterocycles. The Morgan fingerprint density at radius 2 is 1.96 bits per heavy atom. The van der Waals surface area contributed by atoms with Crippen LogP contribution in [0.3, 0.4) is 0 Å². The highest BCUT2D eigenvalue weighted by Gasteiger charge is 2.13. The van der Waals surface area contributed by atoms with Gasteiger partial charge in [0.05, 0.1) is 24.1 Å². The highest BCUT2D eigenvalue weighted by Crippen LogP contribution is 2.24. The van der Waals surface area contributed by atoms with Crippen LogP contribution in [0.2, 0.25) is 0 Å². The number of halogens is 1. The number of nitrogens with one attached hydrogen (secondary N) is 1. The van der Waals surface area contributed by atoms with E-state index in [0.29, 0.717) is 6.54 Å². The third-order valence-corrected chi connectivity index (χ3v) is 4.35. The molecular weight excluding hydrogens is 303 g/mol. The van der Waals surface area contributed by atoms with E-state index in [0.717, 1.165) is 35.6 Å². The summed E-state index contributed by atoms with van der Waals surface area (Å²) in [5.74, 6) is 0.881. The van der Waals surface area contributed by atoms with E-state index in [1.165, 1.54) is 30.9 Å². The van der Waals surface area contributed by atoms with Gasteiger partial charge in [0.15, 0.2) is 0 Å². The van der Waals surface area contributed by atoms with Crippen molar-refractivity contribution in [3.05, 3.63) is 66.1 Å². The first kappa shape index (κ1) is 14.9. The molecule has 0 bridgehead atoms. The van der Waals surface area contributed by atoms with Crippen LogP contribution in [0.25, 0.3) is 11.3 Å². The topological polar surface area (TPSA) is 42.7 Å². The number of imidazole rings is 1. The maximum absolute atomic E-state index is 12.9. The fraction of sp³-hybridized carbons (Fsp3) is 0.263. The average Bonchev–Trinajstić information content (AvgIpc) is 3.06. The summed E-state index contributed by atoms with van der Waals surface area (Å²) in [4.78, 5) is 8.79. The molecule has 24 heavy (non-hydrogen) atoms. The van der Waals surface area contributed by atoms with E-state index >= 15 is 0 Å². The molecule has 0 spiro atoms. The molecule has 0 fully saturated rings. The van der Waals surface area contributed by atoms with Crippen molar-refractivity contribution in [2.75, 3.05) is 5.32 Å². The van der Waals surface area contributed by atoms with Gasteiger partial charge in [-0.3, -0.25) is 4.98 Å². The molecule has 3 aromatic rings. The van der Waals surface area contributed by atoms with Crippen LogP contribution in [-0.4, -0.2) is 14.5 Å². The highest BCUT2D eigenvalue weighted by atomic mass is 19.1. The van der Waals surface area contributed by atoms with E-state index < -0.39 is 0 Å². The predicted octanol–water partition coefficient (Wildman–Crippen LogP) is 4.03. The number of benzene rings is 1. The lowest BCUT2D eigenvalue weighted by Crippen LogP contribution is -2.08. The molecule has 1 aromatic carbocycles. The number of fused-ring (bicyclic) bond motifs is 1. The summed E-state index contributed by atoms with van der Waals surface area (Å²) in [5, 5.41) is 3.30. The molecule has 122 valence electrons. The van der Waals surface area contributed by atoms with Crippen LogP contribution < -0.4 is 5.32 Å². The summed E-state index contributed by atoms with van der Waals surface area (Å²) >= 11 is 0. The molecule has 0 saturated carbocycles. The van der Waals surface area contributed by atoms with E-state index in [4.69, 9.17) is 4.98 Å². The molecule has 1 aliphatic rings. The predicted molar refractivity (Wildman–Crippen MR) is 92.1 cm³/mol. The fourth-order valence-electron chi connectivity index (χ4n) is 3.01. The van der Waals surface area contributed by atoms with Crippen LogP contribution in [0, 0.1) is 5.82 Å². The van der Waals surface area contributed by atoms with Crippen LogP contribution in [-0.2, 0) is 19.5 Å². The van der Waals surface area contributed by atoms with Crippen molar-refractivity contribution in [2.24, 2.45) is 0 Å². The first-order chi connectivity index (χ1) is 11.8. The molecule has 4 rings (SSSR count). The number of pyridine rings is 1. The molecule has 5 heteroatoms. The Balaban J connectivity index is 1.44. The van der Waals surface area contributed by atoms with Crippen molar-refractivity contribution in [1.82, 2.24) is 14.5 Å². The summed E-state index contributed by atoms with van der Waals surface area (Å²) in [6.07, 6.45) is 6.93. The number of rotatable bonds is 4. The van der Waals surface area contributed by atoms with Crippen molar-refractivity contribution in [1.29, 1.82) is 0 Å². The van der Waals surface area contributed by atoms with Gasteiger partial charge in [0.2, 0.25) is 0 Å². The molecule has 0 atom stereocenters. The molecule has 3 heterocycles. The van der Waals surface area contributed by atoms with Crippen LogP contribution in [0.5, 0.6) is 0 Å². The lowest BCUT2D eigenvalue weighted by Gasteiger charge is -2.11. The number of hydrogen-bond acceptors (Lipinski definition) is 3. The summed E-state index contributed by atoms with van der Waals surface area (Å²) in [5.41, 5.74) is 3.98. The zero-order valence-corrected chi connectivity index (χ0v) is 13.4. The van der Waals surface area contributed by atoms with Gasteiger partial charge in [0, 0.05) is 30.4 Å². The average molecular weight is 322 g/mol. The number of nitrogens with zero attached hydrogens (tertiary/aromatic N) is 3. The third kappa shape index (κ3) is 3.15. The normalized spacial score (nSPS) is 13.5. The van der Waals surface area contributed by atoms with Gasteiger partial charge in [-0.25, -0.2) is 9.37 Å². The molecule has 0 saturated heterocycles. The van der Waals surface area contributed by atoms with Crippen molar-refractivity contribution < 1.29 is 4.39 Å². The Kier molecular flexibility index (Phi) is 3.99. The van der Waals surface area contributed by atoms with Gasteiger partial charge in [0.1, 0.15) is 11.6 Å². The summed E-state index contributed by atoms with van der Waals surface area (Å²) in [7, 11) is 0. The summed E-state index contributed by atoms with van der Waals surface area (Å²) < 4.78 is 15.1. The quantitative estimate of drug-likeness (QED) is 0.788. The molecule has 0 unspecified atom stereocenters. The first-order valence-corrected chi connectivity index (χ1v) is 8.29.